The van der Waals surface area contributed by atoms with Gasteiger partial charge in [-0.15, -0.1) is 5.10 Å². The number of ether oxygens (including phenoxy) is 2. The van der Waals surface area contributed by atoms with Crippen molar-refractivity contribution in [2.75, 3.05) is 13.7 Å². The SMILES string of the molecule is CCOc1ccccc1-n1nnnc1SCc1cc(F)ccc1OC. The molecule has 3 aromatic rings. The lowest BCUT2D eigenvalue weighted by Gasteiger charge is -2.11. The van der Waals surface area contributed by atoms with E-state index in [-0.39, 0.29) is 5.82 Å². The molecular formula is C17H17FN4O2S. The van der Waals surface area contributed by atoms with Crippen molar-refractivity contribution in [3.05, 3.63) is 53.8 Å². The predicted octanol–water partition coefficient (Wildman–Crippen LogP) is 3.50. The van der Waals surface area contributed by atoms with Gasteiger partial charge < -0.3 is 9.47 Å². The number of methoxy groups -OCH3 is 1. The molecule has 0 spiro atoms. The maximum atomic E-state index is 13.5. The summed E-state index contributed by atoms with van der Waals surface area (Å²) >= 11 is 1.39. The van der Waals surface area contributed by atoms with E-state index in [0.717, 1.165) is 11.3 Å². The van der Waals surface area contributed by atoms with Crippen molar-refractivity contribution >= 4 is 11.8 Å². The van der Waals surface area contributed by atoms with Gasteiger partial charge >= 0.3 is 0 Å². The van der Waals surface area contributed by atoms with Crippen LogP contribution in [0.5, 0.6) is 11.5 Å². The number of nitrogens with zero attached hydrogens (tertiary/aromatic N) is 4. The number of halogens is 1. The molecule has 0 aliphatic carbocycles. The smallest absolute Gasteiger partial charge is 0.214 e. The minimum absolute atomic E-state index is 0.308. The lowest BCUT2D eigenvalue weighted by atomic mass is 10.2. The second-order valence-electron chi connectivity index (χ2n) is 5.02. The zero-order valence-electron chi connectivity index (χ0n) is 13.8. The van der Waals surface area contributed by atoms with Gasteiger partial charge in [0.2, 0.25) is 5.16 Å². The van der Waals surface area contributed by atoms with Gasteiger partial charge in [-0.05, 0) is 47.7 Å². The monoisotopic (exact) mass is 360 g/mol. The van der Waals surface area contributed by atoms with E-state index in [9.17, 15) is 4.39 Å². The van der Waals surface area contributed by atoms with E-state index in [1.165, 1.54) is 23.9 Å². The summed E-state index contributed by atoms with van der Waals surface area (Å²) in [4.78, 5) is 0. The fourth-order valence-corrected chi connectivity index (χ4v) is 3.19. The van der Waals surface area contributed by atoms with Crippen LogP contribution in [-0.4, -0.2) is 33.9 Å². The van der Waals surface area contributed by atoms with Crippen LogP contribution in [0.15, 0.2) is 47.6 Å². The number of hydrogen-bond donors (Lipinski definition) is 0. The molecule has 0 saturated heterocycles. The van der Waals surface area contributed by atoms with E-state index in [0.29, 0.717) is 29.0 Å². The van der Waals surface area contributed by atoms with Gasteiger partial charge in [0.25, 0.3) is 0 Å². The Bertz CT molecular complexity index is 856. The molecule has 0 N–H and O–H groups in total. The van der Waals surface area contributed by atoms with Crippen molar-refractivity contribution in [3.63, 3.8) is 0 Å². The molecule has 0 fully saturated rings. The fraction of sp³-hybridized carbons (Fsp3) is 0.235. The van der Waals surface area contributed by atoms with Crippen LogP contribution in [0.4, 0.5) is 4.39 Å². The van der Waals surface area contributed by atoms with Crippen LogP contribution in [0, 0.1) is 5.82 Å². The van der Waals surface area contributed by atoms with Gasteiger partial charge in [0.15, 0.2) is 0 Å². The predicted molar refractivity (Wildman–Crippen MR) is 92.8 cm³/mol. The number of thioether (sulfide) groups is 1. The molecule has 0 atom stereocenters. The molecule has 1 heterocycles. The first-order chi connectivity index (χ1) is 12.2. The molecule has 3 rings (SSSR count). The number of hydrogen-bond acceptors (Lipinski definition) is 6. The highest BCUT2D eigenvalue weighted by Gasteiger charge is 2.14. The van der Waals surface area contributed by atoms with Gasteiger partial charge in [-0.2, -0.15) is 4.68 Å². The molecule has 0 aliphatic rings. The molecule has 6 nitrogen and oxygen atoms in total. The van der Waals surface area contributed by atoms with Crippen molar-refractivity contribution in [3.8, 4) is 17.2 Å². The van der Waals surface area contributed by atoms with E-state index >= 15 is 0 Å². The molecule has 25 heavy (non-hydrogen) atoms. The van der Waals surface area contributed by atoms with Crippen LogP contribution < -0.4 is 9.47 Å². The Morgan fingerprint density at radius 3 is 2.80 bits per heavy atom. The van der Waals surface area contributed by atoms with Crippen molar-refractivity contribution < 1.29 is 13.9 Å². The summed E-state index contributed by atoms with van der Waals surface area (Å²) in [5.74, 6) is 1.49. The molecule has 0 radical (unpaired) electrons. The number of rotatable bonds is 7. The molecule has 130 valence electrons. The number of tetrazole rings is 1. The zero-order valence-corrected chi connectivity index (χ0v) is 14.7. The highest BCUT2D eigenvalue weighted by molar-refractivity contribution is 7.98. The van der Waals surface area contributed by atoms with E-state index < -0.39 is 0 Å². The van der Waals surface area contributed by atoms with Crippen LogP contribution in [0.2, 0.25) is 0 Å². The van der Waals surface area contributed by atoms with Gasteiger partial charge in [0, 0.05) is 11.3 Å². The summed E-state index contributed by atoms with van der Waals surface area (Å²) in [6.07, 6.45) is 0. The first-order valence-electron chi connectivity index (χ1n) is 7.68. The first kappa shape index (κ1) is 17.2. The average molecular weight is 360 g/mol. The van der Waals surface area contributed by atoms with Crippen LogP contribution in [-0.2, 0) is 5.75 Å². The van der Waals surface area contributed by atoms with Crippen molar-refractivity contribution in [2.24, 2.45) is 0 Å². The molecule has 2 aromatic carbocycles. The number of aromatic nitrogens is 4. The summed E-state index contributed by atoms with van der Waals surface area (Å²) in [5.41, 5.74) is 1.49. The average Bonchev–Trinajstić information content (AvgIpc) is 3.09. The Morgan fingerprint density at radius 1 is 1.16 bits per heavy atom. The van der Waals surface area contributed by atoms with Crippen LogP contribution in [0.25, 0.3) is 5.69 Å². The van der Waals surface area contributed by atoms with Crippen molar-refractivity contribution in [1.29, 1.82) is 0 Å². The first-order valence-corrected chi connectivity index (χ1v) is 8.67. The molecule has 1 aromatic heterocycles. The summed E-state index contributed by atoms with van der Waals surface area (Å²) in [5, 5.41) is 12.4. The third-order valence-corrected chi connectivity index (χ3v) is 4.40. The second kappa shape index (κ2) is 7.98. The molecule has 0 amide bonds. The minimum atomic E-state index is -0.308. The van der Waals surface area contributed by atoms with E-state index in [2.05, 4.69) is 15.5 Å². The normalized spacial score (nSPS) is 10.7. The lowest BCUT2D eigenvalue weighted by Crippen LogP contribution is -2.03. The van der Waals surface area contributed by atoms with Crippen LogP contribution >= 0.6 is 11.8 Å². The molecule has 0 saturated carbocycles. The molecule has 0 unspecified atom stereocenters. The maximum Gasteiger partial charge on any atom is 0.214 e. The van der Waals surface area contributed by atoms with Gasteiger partial charge in [0.05, 0.1) is 13.7 Å². The third kappa shape index (κ3) is 3.90. The Labute approximate surface area is 149 Å². The topological polar surface area (TPSA) is 62.1 Å². The molecule has 8 heteroatoms. The number of para-hydroxylation sites is 2. The summed E-state index contributed by atoms with van der Waals surface area (Å²) in [6, 6.07) is 12.0. The van der Waals surface area contributed by atoms with E-state index in [1.54, 1.807) is 17.9 Å². The Hall–Kier alpha value is -2.61. The van der Waals surface area contributed by atoms with E-state index in [4.69, 9.17) is 9.47 Å². The summed E-state index contributed by atoms with van der Waals surface area (Å²) < 4.78 is 26.0. The second-order valence-corrected chi connectivity index (χ2v) is 5.96. The molecular weight excluding hydrogens is 343 g/mol. The standard InChI is InChI=1S/C17H17FN4O2S/c1-3-24-16-7-5-4-6-14(16)22-17(19-20-21-22)25-11-12-10-13(18)8-9-15(12)23-2/h4-10H,3,11H2,1-2H3. The quantitative estimate of drug-likeness (QED) is 0.601. The summed E-state index contributed by atoms with van der Waals surface area (Å²) in [6.45, 7) is 2.46. The summed E-state index contributed by atoms with van der Waals surface area (Å²) in [7, 11) is 1.56. The van der Waals surface area contributed by atoms with Crippen molar-refractivity contribution in [2.45, 2.75) is 17.8 Å². The molecule has 0 bridgehead atoms. The zero-order chi connectivity index (χ0) is 17.6. The largest absolute Gasteiger partial charge is 0.496 e. The van der Waals surface area contributed by atoms with E-state index in [1.807, 2.05) is 31.2 Å². The Morgan fingerprint density at radius 2 is 2.00 bits per heavy atom. The van der Waals surface area contributed by atoms with Crippen LogP contribution in [0.3, 0.4) is 0 Å². The van der Waals surface area contributed by atoms with Crippen LogP contribution in [0.1, 0.15) is 12.5 Å². The van der Waals surface area contributed by atoms with Gasteiger partial charge in [-0.1, -0.05) is 23.9 Å². The number of benzene rings is 2. The van der Waals surface area contributed by atoms with Crippen molar-refractivity contribution in [1.82, 2.24) is 20.2 Å². The Balaban J connectivity index is 1.85. The minimum Gasteiger partial charge on any atom is -0.496 e. The van der Waals surface area contributed by atoms with Gasteiger partial charge in [-0.3, -0.25) is 0 Å². The lowest BCUT2D eigenvalue weighted by molar-refractivity contribution is 0.337. The fourth-order valence-electron chi connectivity index (χ4n) is 2.33. The Kier molecular flexibility index (Phi) is 5.49. The van der Waals surface area contributed by atoms with Gasteiger partial charge in [-0.25, -0.2) is 4.39 Å². The highest BCUT2D eigenvalue weighted by Crippen LogP contribution is 2.30. The van der Waals surface area contributed by atoms with Gasteiger partial charge in [0.1, 0.15) is 23.0 Å². The molecule has 0 aliphatic heterocycles. The maximum absolute atomic E-state index is 13.5. The highest BCUT2D eigenvalue weighted by atomic mass is 32.2. The third-order valence-electron chi connectivity index (χ3n) is 3.43.